The smallest absolute Gasteiger partial charge is 0.330 e. The molecule has 0 aromatic heterocycles. The van der Waals surface area contributed by atoms with Gasteiger partial charge in [-0.15, -0.1) is 0 Å². The number of esters is 1. The van der Waals surface area contributed by atoms with Crippen LogP contribution in [0.1, 0.15) is 22.3 Å². The van der Waals surface area contributed by atoms with Crippen LogP contribution in [0, 0.1) is 13.8 Å². The molecule has 2 aromatic rings. The SMILES string of the molecule is Cc1ccc(/C=C/C(=O)OCCc2ccccc2)cc1C. The van der Waals surface area contributed by atoms with E-state index >= 15 is 0 Å². The average molecular weight is 280 g/mol. The van der Waals surface area contributed by atoms with Gasteiger partial charge in [0, 0.05) is 12.5 Å². The number of benzene rings is 2. The summed E-state index contributed by atoms with van der Waals surface area (Å²) in [6.07, 6.45) is 4.01. The summed E-state index contributed by atoms with van der Waals surface area (Å²) in [5.41, 5.74) is 4.65. The van der Waals surface area contributed by atoms with E-state index in [-0.39, 0.29) is 5.97 Å². The Morgan fingerprint density at radius 1 is 1.05 bits per heavy atom. The molecule has 0 aliphatic rings. The van der Waals surface area contributed by atoms with Gasteiger partial charge in [-0.05, 0) is 42.2 Å². The maximum atomic E-state index is 11.6. The Balaban J connectivity index is 1.81. The van der Waals surface area contributed by atoms with Crippen molar-refractivity contribution in [2.45, 2.75) is 20.3 Å². The van der Waals surface area contributed by atoms with Gasteiger partial charge in [0.2, 0.25) is 0 Å². The molecule has 0 amide bonds. The molecular weight excluding hydrogens is 260 g/mol. The zero-order chi connectivity index (χ0) is 15.1. The molecule has 21 heavy (non-hydrogen) atoms. The minimum Gasteiger partial charge on any atom is -0.462 e. The van der Waals surface area contributed by atoms with Crippen molar-refractivity contribution in [3.63, 3.8) is 0 Å². The van der Waals surface area contributed by atoms with Gasteiger partial charge in [0.05, 0.1) is 6.61 Å². The highest BCUT2D eigenvalue weighted by molar-refractivity contribution is 5.87. The van der Waals surface area contributed by atoms with Gasteiger partial charge in [0.15, 0.2) is 0 Å². The predicted octanol–water partition coefficient (Wildman–Crippen LogP) is 4.10. The van der Waals surface area contributed by atoms with Gasteiger partial charge in [-0.1, -0.05) is 48.5 Å². The monoisotopic (exact) mass is 280 g/mol. The number of carbonyl (C=O) groups is 1. The number of carbonyl (C=O) groups excluding carboxylic acids is 1. The Morgan fingerprint density at radius 3 is 2.52 bits per heavy atom. The zero-order valence-electron chi connectivity index (χ0n) is 12.5. The maximum Gasteiger partial charge on any atom is 0.330 e. The number of hydrogen-bond donors (Lipinski definition) is 0. The highest BCUT2D eigenvalue weighted by Gasteiger charge is 1.99. The summed E-state index contributed by atoms with van der Waals surface area (Å²) in [7, 11) is 0. The Hall–Kier alpha value is -2.35. The van der Waals surface area contributed by atoms with Crippen LogP contribution in [0.4, 0.5) is 0 Å². The third-order valence-electron chi connectivity index (χ3n) is 3.42. The molecule has 0 atom stereocenters. The van der Waals surface area contributed by atoms with Gasteiger partial charge in [-0.2, -0.15) is 0 Å². The fourth-order valence-corrected chi connectivity index (χ4v) is 1.99. The number of hydrogen-bond acceptors (Lipinski definition) is 2. The number of rotatable bonds is 5. The fourth-order valence-electron chi connectivity index (χ4n) is 1.99. The zero-order valence-corrected chi connectivity index (χ0v) is 12.5. The molecule has 2 nitrogen and oxygen atoms in total. The van der Waals surface area contributed by atoms with Gasteiger partial charge >= 0.3 is 5.97 Å². The summed E-state index contributed by atoms with van der Waals surface area (Å²) in [5, 5.41) is 0. The Labute approximate surface area is 126 Å². The van der Waals surface area contributed by atoms with E-state index in [1.54, 1.807) is 6.08 Å². The molecule has 0 spiro atoms. The maximum absolute atomic E-state index is 11.6. The van der Waals surface area contributed by atoms with Gasteiger partial charge in [0.1, 0.15) is 0 Å². The topological polar surface area (TPSA) is 26.3 Å². The lowest BCUT2D eigenvalue weighted by Crippen LogP contribution is -2.04. The van der Waals surface area contributed by atoms with E-state index in [9.17, 15) is 4.79 Å². The van der Waals surface area contributed by atoms with Crippen LogP contribution in [-0.4, -0.2) is 12.6 Å². The van der Waals surface area contributed by atoms with Crippen LogP contribution in [0.15, 0.2) is 54.6 Å². The van der Waals surface area contributed by atoms with E-state index in [1.807, 2.05) is 36.4 Å². The predicted molar refractivity (Wildman–Crippen MR) is 86.1 cm³/mol. The molecule has 0 saturated carbocycles. The van der Waals surface area contributed by atoms with E-state index in [0.717, 1.165) is 12.0 Å². The van der Waals surface area contributed by atoms with Crippen molar-refractivity contribution in [1.29, 1.82) is 0 Å². The summed E-state index contributed by atoms with van der Waals surface area (Å²) >= 11 is 0. The van der Waals surface area contributed by atoms with Crippen molar-refractivity contribution in [1.82, 2.24) is 0 Å². The molecule has 0 N–H and O–H groups in total. The summed E-state index contributed by atoms with van der Waals surface area (Å²) in [5.74, 6) is -0.302. The van der Waals surface area contributed by atoms with Gasteiger partial charge in [-0.3, -0.25) is 0 Å². The lowest BCUT2D eigenvalue weighted by molar-refractivity contribution is -0.137. The Kier molecular flexibility index (Phi) is 5.33. The van der Waals surface area contributed by atoms with E-state index in [4.69, 9.17) is 4.74 Å². The second kappa shape index (κ2) is 7.44. The highest BCUT2D eigenvalue weighted by atomic mass is 16.5. The summed E-state index contributed by atoms with van der Waals surface area (Å²) < 4.78 is 5.20. The van der Waals surface area contributed by atoms with Crippen LogP contribution >= 0.6 is 0 Å². The first-order chi connectivity index (χ1) is 10.1. The molecular formula is C19H20O2. The van der Waals surface area contributed by atoms with Crippen molar-refractivity contribution in [2.24, 2.45) is 0 Å². The molecule has 0 bridgehead atoms. The van der Waals surface area contributed by atoms with Crippen LogP contribution in [0.5, 0.6) is 0 Å². The van der Waals surface area contributed by atoms with Crippen LogP contribution in [0.25, 0.3) is 6.08 Å². The Morgan fingerprint density at radius 2 is 1.81 bits per heavy atom. The van der Waals surface area contributed by atoms with Crippen molar-refractivity contribution >= 4 is 12.0 Å². The normalized spacial score (nSPS) is 10.8. The average Bonchev–Trinajstić information content (AvgIpc) is 2.49. The fraction of sp³-hybridized carbons (Fsp3) is 0.211. The molecule has 0 aliphatic carbocycles. The second-order valence-corrected chi connectivity index (χ2v) is 5.08. The van der Waals surface area contributed by atoms with Crippen LogP contribution < -0.4 is 0 Å². The molecule has 2 aromatic carbocycles. The first-order valence-corrected chi connectivity index (χ1v) is 7.11. The van der Waals surface area contributed by atoms with Crippen LogP contribution in [0.2, 0.25) is 0 Å². The van der Waals surface area contributed by atoms with Crippen molar-refractivity contribution in [2.75, 3.05) is 6.61 Å². The number of ether oxygens (including phenoxy) is 1. The minimum atomic E-state index is -0.302. The summed E-state index contributed by atoms with van der Waals surface area (Å²) in [4.78, 5) is 11.6. The molecule has 108 valence electrons. The lowest BCUT2D eigenvalue weighted by Gasteiger charge is -2.03. The van der Waals surface area contributed by atoms with Crippen LogP contribution in [-0.2, 0) is 16.0 Å². The Bertz CT molecular complexity index is 627. The first-order valence-electron chi connectivity index (χ1n) is 7.11. The second-order valence-electron chi connectivity index (χ2n) is 5.08. The minimum absolute atomic E-state index is 0.302. The highest BCUT2D eigenvalue weighted by Crippen LogP contribution is 2.11. The molecule has 2 heteroatoms. The largest absolute Gasteiger partial charge is 0.462 e. The standard InChI is InChI=1S/C19H20O2/c1-15-8-9-18(14-16(15)2)10-11-19(20)21-13-12-17-6-4-3-5-7-17/h3-11,14H,12-13H2,1-2H3/b11-10+. The molecule has 0 unspecified atom stereocenters. The quantitative estimate of drug-likeness (QED) is 0.609. The van der Waals surface area contributed by atoms with Crippen molar-refractivity contribution < 1.29 is 9.53 Å². The van der Waals surface area contributed by atoms with Crippen LogP contribution in [0.3, 0.4) is 0 Å². The molecule has 0 aliphatic heterocycles. The first kappa shape index (κ1) is 15.0. The number of aryl methyl sites for hydroxylation is 2. The molecule has 0 radical (unpaired) electrons. The van der Waals surface area contributed by atoms with Crippen molar-refractivity contribution in [3.8, 4) is 0 Å². The third kappa shape index (κ3) is 4.92. The lowest BCUT2D eigenvalue weighted by atomic mass is 10.1. The van der Waals surface area contributed by atoms with Gasteiger partial charge in [0.25, 0.3) is 0 Å². The molecule has 0 fully saturated rings. The van der Waals surface area contributed by atoms with Crippen molar-refractivity contribution in [3.05, 3.63) is 76.9 Å². The molecule has 0 saturated heterocycles. The third-order valence-corrected chi connectivity index (χ3v) is 3.42. The summed E-state index contributed by atoms with van der Waals surface area (Å²) in [6.45, 7) is 4.53. The molecule has 0 heterocycles. The molecule has 2 rings (SSSR count). The van der Waals surface area contributed by atoms with E-state index in [1.165, 1.54) is 22.8 Å². The van der Waals surface area contributed by atoms with E-state index in [2.05, 4.69) is 26.0 Å². The summed E-state index contributed by atoms with van der Waals surface area (Å²) in [6, 6.07) is 16.1. The van der Waals surface area contributed by atoms with E-state index in [0.29, 0.717) is 6.61 Å². The van der Waals surface area contributed by atoms with Gasteiger partial charge < -0.3 is 4.74 Å². The van der Waals surface area contributed by atoms with Gasteiger partial charge in [-0.25, -0.2) is 4.79 Å². The van der Waals surface area contributed by atoms with E-state index < -0.39 is 0 Å².